The van der Waals surface area contributed by atoms with Crippen molar-refractivity contribution in [2.75, 3.05) is 13.6 Å². The molecule has 96 valence electrons. The molecule has 0 radical (unpaired) electrons. The normalized spacial score (nSPS) is 9.06. The molecule has 1 rings (SSSR count). The molecule has 0 aromatic carbocycles. The van der Waals surface area contributed by atoms with Crippen LogP contribution in [0.5, 0.6) is 0 Å². The van der Waals surface area contributed by atoms with Gasteiger partial charge in [-0.3, -0.25) is 4.98 Å². The second-order valence-corrected chi connectivity index (χ2v) is 3.79. The summed E-state index contributed by atoms with van der Waals surface area (Å²) in [6, 6.07) is 5.72. The standard InChI is InChI=1S/C8H17NO2.C5H5N/c1-3-4-5-6-7-9(2)8(10)11;1-2-4-6-5-3-1/h3-7H2,1-2H3,(H,10,11);1-5H. The maximum absolute atomic E-state index is 10.3. The molecule has 0 saturated carbocycles. The maximum Gasteiger partial charge on any atom is 0.407 e. The first kappa shape index (κ1) is 15.4. The van der Waals surface area contributed by atoms with E-state index in [-0.39, 0.29) is 0 Å². The van der Waals surface area contributed by atoms with E-state index in [9.17, 15) is 4.79 Å². The van der Waals surface area contributed by atoms with E-state index in [1.54, 1.807) is 19.4 Å². The summed E-state index contributed by atoms with van der Waals surface area (Å²) >= 11 is 0. The molecule has 17 heavy (non-hydrogen) atoms. The average molecular weight is 238 g/mol. The Morgan fingerprint density at radius 2 is 1.82 bits per heavy atom. The first-order valence-electron chi connectivity index (χ1n) is 5.97. The molecule has 0 saturated heterocycles. The molecule has 0 aliphatic rings. The zero-order valence-electron chi connectivity index (χ0n) is 10.7. The van der Waals surface area contributed by atoms with Gasteiger partial charge in [0.05, 0.1) is 0 Å². The number of hydrogen-bond acceptors (Lipinski definition) is 2. The van der Waals surface area contributed by atoms with Crippen molar-refractivity contribution in [3.05, 3.63) is 30.6 Å². The molecule has 0 spiro atoms. The van der Waals surface area contributed by atoms with Gasteiger partial charge in [0, 0.05) is 26.0 Å². The van der Waals surface area contributed by atoms with Gasteiger partial charge in [0.15, 0.2) is 0 Å². The van der Waals surface area contributed by atoms with Gasteiger partial charge < -0.3 is 10.0 Å². The molecule has 0 fully saturated rings. The van der Waals surface area contributed by atoms with Crippen molar-refractivity contribution in [3.8, 4) is 0 Å². The molecule has 0 atom stereocenters. The van der Waals surface area contributed by atoms with Crippen LogP contribution in [-0.4, -0.2) is 34.7 Å². The van der Waals surface area contributed by atoms with E-state index in [1.807, 2.05) is 18.2 Å². The van der Waals surface area contributed by atoms with E-state index in [1.165, 1.54) is 17.7 Å². The van der Waals surface area contributed by atoms with Crippen LogP contribution in [0.4, 0.5) is 4.79 Å². The van der Waals surface area contributed by atoms with Gasteiger partial charge in [0.2, 0.25) is 0 Å². The molecule has 1 aromatic heterocycles. The topological polar surface area (TPSA) is 53.4 Å². The number of unbranched alkanes of at least 4 members (excludes halogenated alkanes) is 3. The van der Waals surface area contributed by atoms with Crippen LogP contribution in [0.3, 0.4) is 0 Å². The van der Waals surface area contributed by atoms with E-state index in [0.29, 0.717) is 6.54 Å². The highest BCUT2D eigenvalue weighted by atomic mass is 16.4. The van der Waals surface area contributed by atoms with Gasteiger partial charge in [0.1, 0.15) is 0 Å². The lowest BCUT2D eigenvalue weighted by Gasteiger charge is -2.11. The maximum atomic E-state index is 10.3. The second-order valence-electron chi connectivity index (χ2n) is 3.79. The molecular formula is C13H22N2O2. The zero-order valence-corrected chi connectivity index (χ0v) is 10.7. The Balaban J connectivity index is 0.000000354. The van der Waals surface area contributed by atoms with Crippen LogP contribution < -0.4 is 0 Å². The van der Waals surface area contributed by atoms with Crippen LogP contribution in [0.25, 0.3) is 0 Å². The Morgan fingerprint density at radius 1 is 1.18 bits per heavy atom. The third kappa shape index (κ3) is 10.7. The number of rotatable bonds is 5. The Bertz CT molecular complexity index is 251. The van der Waals surface area contributed by atoms with Crippen LogP contribution in [-0.2, 0) is 0 Å². The highest BCUT2D eigenvalue weighted by Crippen LogP contribution is 1.99. The molecular weight excluding hydrogens is 216 g/mol. The molecule has 0 aliphatic heterocycles. The molecule has 0 bridgehead atoms. The van der Waals surface area contributed by atoms with Crippen LogP contribution >= 0.6 is 0 Å². The molecule has 0 aliphatic carbocycles. The van der Waals surface area contributed by atoms with Gasteiger partial charge in [-0.2, -0.15) is 0 Å². The molecule has 4 heteroatoms. The van der Waals surface area contributed by atoms with Gasteiger partial charge in [0.25, 0.3) is 0 Å². The van der Waals surface area contributed by atoms with Crippen molar-refractivity contribution < 1.29 is 9.90 Å². The van der Waals surface area contributed by atoms with Gasteiger partial charge >= 0.3 is 6.09 Å². The fourth-order valence-electron chi connectivity index (χ4n) is 1.18. The van der Waals surface area contributed by atoms with Crippen molar-refractivity contribution in [2.45, 2.75) is 32.6 Å². The number of pyridine rings is 1. The zero-order chi connectivity index (χ0) is 12.9. The molecule has 0 unspecified atom stereocenters. The molecule has 1 aromatic rings. The Kier molecular flexibility index (Phi) is 9.91. The second kappa shape index (κ2) is 10.9. The molecule has 4 nitrogen and oxygen atoms in total. The first-order chi connectivity index (χ1) is 8.18. The van der Waals surface area contributed by atoms with Crippen molar-refractivity contribution in [1.29, 1.82) is 0 Å². The van der Waals surface area contributed by atoms with E-state index in [4.69, 9.17) is 5.11 Å². The lowest BCUT2D eigenvalue weighted by molar-refractivity contribution is 0.155. The lowest BCUT2D eigenvalue weighted by Crippen LogP contribution is -2.25. The summed E-state index contributed by atoms with van der Waals surface area (Å²) in [5.74, 6) is 0. The number of carboxylic acid groups (broad SMARTS) is 1. The van der Waals surface area contributed by atoms with Crippen molar-refractivity contribution in [3.63, 3.8) is 0 Å². The number of hydrogen-bond donors (Lipinski definition) is 1. The summed E-state index contributed by atoms with van der Waals surface area (Å²) in [5, 5.41) is 8.46. The molecule has 1 amide bonds. The van der Waals surface area contributed by atoms with Gasteiger partial charge in [-0.1, -0.05) is 32.3 Å². The van der Waals surface area contributed by atoms with E-state index < -0.39 is 6.09 Å². The summed E-state index contributed by atoms with van der Waals surface area (Å²) < 4.78 is 0. The van der Waals surface area contributed by atoms with E-state index in [0.717, 1.165) is 12.8 Å². The Morgan fingerprint density at radius 3 is 2.18 bits per heavy atom. The minimum Gasteiger partial charge on any atom is -0.465 e. The number of amides is 1. The summed E-state index contributed by atoms with van der Waals surface area (Å²) in [5.41, 5.74) is 0. The van der Waals surface area contributed by atoms with Crippen LogP contribution in [0.2, 0.25) is 0 Å². The summed E-state index contributed by atoms with van der Waals surface area (Å²) in [6.07, 6.45) is 7.18. The Labute approximate surface area is 103 Å². The number of aromatic nitrogens is 1. The Hall–Kier alpha value is -1.58. The third-order valence-electron chi connectivity index (χ3n) is 2.24. The van der Waals surface area contributed by atoms with Crippen LogP contribution in [0.15, 0.2) is 30.6 Å². The van der Waals surface area contributed by atoms with Crippen molar-refractivity contribution in [2.24, 2.45) is 0 Å². The summed E-state index contributed by atoms with van der Waals surface area (Å²) in [6.45, 7) is 2.80. The van der Waals surface area contributed by atoms with E-state index in [2.05, 4.69) is 11.9 Å². The smallest absolute Gasteiger partial charge is 0.407 e. The first-order valence-corrected chi connectivity index (χ1v) is 5.97. The monoisotopic (exact) mass is 238 g/mol. The minimum absolute atomic E-state index is 0.662. The molecule has 1 N–H and O–H groups in total. The predicted molar refractivity (Wildman–Crippen MR) is 69.0 cm³/mol. The van der Waals surface area contributed by atoms with Crippen molar-refractivity contribution >= 4 is 6.09 Å². The van der Waals surface area contributed by atoms with Crippen LogP contribution in [0, 0.1) is 0 Å². The summed E-state index contributed by atoms with van der Waals surface area (Å²) in [4.78, 5) is 15.4. The third-order valence-corrected chi connectivity index (χ3v) is 2.24. The molecule has 1 heterocycles. The number of nitrogens with zero attached hydrogens (tertiary/aromatic N) is 2. The van der Waals surface area contributed by atoms with E-state index >= 15 is 0 Å². The summed E-state index contributed by atoms with van der Waals surface area (Å²) in [7, 11) is 1.61. The van der Waals surface area contributed by atoms with Crippen molar-refractivity contribution in [1.82, 2.24) is 9.88 Å². The van der Waals surface area contributed by atoms with Crippen LogP contribution in [0.1, 0.15) is 32.6 Å². The largest absolute Gasteiger partial charge is 0.465 e. The van der Waals surface area contributed by atoms with Gasteiger partial charge in [-0.15, -0.1) is 0 Å². The minimum atomic E-state index is -0.832. The lowest BCUT2D eigenvalue weighted by atomic mass is 10.2. The quantitative estimate of drug-likeness (QED) is 0.801. The highest BCUT2D eigenvalue weighted by molar-refractivity contribution is 5.64. The van der Waals surface area contributed by atoms with Gasteiger partial charge in [-0.25, -0.2) is 4.79 Å². The fraction of sp³-hybridized carbons (Fsp3) is 0.538. The average Bonchev–Trinajstić information content (AvgIpc) is 2.37. The highest BCUT2D eigenvalue weighted by Gasteiger charge is 2.02. The van der Waals surface area contributed by atoms with Gasteiger partial charge in [-0.05, 0) is 18.6 Å². The predicted octanol–water partition coefficient (Wildman–Crippen LogP) is 3.26. The SMILES string of the molecule is CCCCCCN(C)C(=O)O.c1ccncc1. The number of carbonyl (C=O) groups is 1. The fourth-order valence-corrected chi connectivity index (χ4v) is 1.18.